The average molecular weight is 220 g/mol. The predicted molar refractivity (Wildman–Crippen MR) is 60.9 cm³/mol. The highest BCUT2D eigenvalue weighted by molar-refractivity contribution is 5.76. The smallest absolute Gasteiger partial charge is 0.222 e. The third-order valence-corrected chi connectivity index (χ3v) is 2.76. The molecular weight excluding hydrogens is 204 g/mol. The largest absolute Gasteiger partial charge is 0.364 e. The summed E-state index contributed by atoms with van der Waals surface area (Å²) < 4.78 is 0. The molecule has 5 nitrogen and oxygen atoms in total. The number of hydrogen-bond donors (Lipinski definition) is 1. The molecule has 16 heavy (non-hydrogen) atoms. The van der Waals surface area contributed by atoms with E-state index in [9.17, 15) is 4.79 Å². The molecule has 1 aromatic heterocycles. The molecule has 0 aromatic carbocycles. The quantitative estimate of drug-likeness (QED) is 0.822. The van der Waals surface area contributed by atoms with E-state index in [4.69, 9.17) is 0 Å². The zero-order chi connectivity index (χ0) is 11.4. The number of aromatic nitrogens is 2. The maximum Gasteiger partial charge on any atom is 0.222 e. The Bertz CT molecular complexity index is 354. The first-order valence-electron chi connectivity index (χ1n) is 5.60. The van der Waals surface area contributed by atoms with Crippen LogP contribution in [0.2, 0.25) is 0 Å². The summed E-state index contributed by atoms with van der Waals surface area (Å²) in [7, 11) is 0. The minimum atomic E-state index is 0.225. The van der Waals surface area contributed by atoms with Gasteiger partial charge < -0.3 is 10.2 Å². The molecule has 2 rings (SSSR count). The van der Waals surface area contributed by atoms with Crippen LogP contribution < -0.4 is 5.32 Å². The summed E-state index contributed by atoms with van der Waals surface area (Å²) in [5.41, 5.74) is 0. The van der Waals surface area contributed by atoms with Gasteiger partial charge in [0.2, 0.25) is 5.91 Å². The van der Waals surface area contributed by atoms with E-state index in [0.29, 0.717) is 12.5 Å². The maximum atomic E-state index is 11.5. The second kappa shape index (κ2) is 4.92. The van der Waals surface area contributed by atoms with Crippen molar-refractivity contribution in [2.24, 2.45) is 0 Å². The Balaban J connectivity index is 1.88. The number of nitrogens with one attached hydrogen (secondary N) is 1. The van der Waals surface area contributed by atoms with Crippen LogP contribution in [0.4, 0.5) is 5.82 Å². The molecule has 1 aliphatic heterocycles. The zero-order valence-electron chi connectivity index (χ0n) is 9.39. The lowest BCUT2D eigenvalue weighted by molar-refractivity contribution is -0.129. The van der Waals surface area contributed by atoms with E-state index in [2.05, 4.69) is 15.3 Å². The Hall–Kier alpha value is -1.65. The number of carbonyl (C=O) groups is 1. The van der Waals surface area contributed by atoms with Gasteiger partial charge >= 0.3 is 0 Å². The third kappa shape index (κ3) is 2.48. The van der Waals surface area contributed by atoms with Crippen LogP contribution in [0, 0.1) is 0 Å². The molecule has 0 radical (unpaired) electrons. The first-order chi connectivity index (χ1) is 7.79. The standard InChI is InChI=1S/C11H16N4O/c1-2-11(16)15-6-3-9(8-15)14-10-7-12-4-5-13-10/h4-5,7,9H,2-3,6,8H2,1H3,(H,13,14). The summed E-state index contributed by atoms with van der Waals surface area (Å²) in [5.74, 6) is 1.00. The lowest BCUT2D eigenvalue weighted by Gasteiger charge is -2.16. The van der Waals surface area contributed by atoms with E-state index in [1.807, 2.05) is 11.8 Å². The van der Waals surface area contributed by atoms with E-state index in [0.717, 1.165) is 25.3 Å². The number of amides is 1. The topological polar surface area (TPSA) is 58.1 Å². The molecule has 1 aromatic rings. The molecule has 0 bridgehead atoms. The van der Waals surface area contributed by atoms with Gasteiger partial charge in [0.25, 0.3) is 0 Å². The van der Waals surface area contributed by atoms with Gasteiger partial charge in [0.1, 0.15) is 5.82 Å². The Morgan fingerprint density at radius 1 is 1.62 bits per heavy atom. The number of likely N-dealkylation sites (tertiary alicyclic amines) is 1. The highest BCUT2D eigenvalue weighted by Gasteiger charge is 2.25. The molecule has 0 spiro atoms. The monoisotopic (exact) mass is 220 g/mol. The van der Waals surface area contributed by atoms with Crippen molar-refractivity contribution < 1.29 is 4.79 Å². The summed E-state index contributed by atoms with van der Waals surface area (Å²) in [6, 6.07) is 0.298. The molecule has 1 aliphatic rings. The van der Waals surface area contributed by atoms with Crippen molar-refractivity contribution in [3.05, 3.63) is 18.6 Å². The van der Waals surface area contributed by atoms with Gasteiger partial charge in [-0.2, -0.15) is 0 Å². The Morgan fingerprint density at radius 2 is 2.50 bits per heavy atom. The average Bonchev–Trinajstić information content (AvgIpc) is 2.78. The van der Waals surface area contributed by atoms with Gasteiger partial charge in [-0.3, -0.25) is 9.78 Å². The van der Waals surface area contributed by atoms with E-state index < -0.39 is 0 Å². The Kier molecular flexibility index (Phi) is 3.34. The number of anilines is 1. The summed E-state index contributed by atoms with van der Waals surface area (Å²) in [4.78, 5) is 21.5. The van der Waals surface area contributed by atoms with Crippen molar-refractivity contribution in [2.45, 2.75) is 25.8 Å². The van der Waals surface area contributed by atoms with Crippen LogP contribution in [-0.2, 0) is 4.79 Å². The van der Waals surface area contributed by atoms with Gasteiger partial charge in [-0.25, -0.2) is 4.98 Å². The Labute approximate surface area is 94.9 Å². The van der Waals surface area contributed by atoms with E-state index in [-0.39, 0.29) is 5.91 Å². The maximum absolute atomic E-state index is 11.5. The number of hydrogen-bond acceptors (Lipinski definition) is 4. The van der Waals surface area contributed by atoms with Gasteiger partial charge in [0.15, 0.2) is 0 Å². The summed E-state index contributed by atoms with van der Waals surface area (Å²) >= 11 is 0. The zero-order valence-corrected chi connectivity index (χ0v) is 9.39. The van der Waals surface area contributed by atoms with Crippen molar-refractivity contribution in [3.8, 4) is 0 Å². The molecule has 2 heterocycles. The fourth-order valence-corrected chi connectivity index (χ4v) is 1.91. The molecule has 1 atom stereocenters. The van der Waals surface area contributed by atoms with Crippen LogP contribution in [0.5, 0.6) is 0 Å². The minimum Gasteiger partial charge on any atom is -0.364 e. The van der Waals surface area contributed by atoms with Crippen molar-refractivity contribution in [1.29, 1.82) is 0 Å². The summed E-state index contributed by atoms with van der Waals surface area (Å²) in [6.45, 7) is 3.50. The van der Waals surface area contributed by atoms with Crippen molar-refractivity contribution >= 4 is 11.7 Å². The molecule has 0 aliphatic carbocycles. The molecule has 1 amide bonds. The van der Waals surface area contributed by atoms with Crippen molar-refractivity contribution in [1.82, 2.24) is 14.9 Å². The molecule has 1 saturated heterocycles. The fraction of sp³-hybridized carbons (Fsp3) is 0.545. The van der Waals surface area contributed by atoms with Gasteiger partial charge in [0.05, 0.1) is 6.20 Å². The van der Waals surface area contributed by atoms with Gasteiger partial charge in [-0.1, -0.05) is 6.92 Å². The highest BCUT2D eigenvalue weighted by Crippen LogP contribution is 2.14. The van der Waals surface area contributed by atoms with Crippen molar-refractivity contribution in [2.75, 3.05) is 18.4 Å². The molecule has 1 unspecified atom stereocenters. The van der Waals surface area contributed by atoms with Crippen LogP contribution in [0.3, 0.4) is 0 Å². The molecular formula is C11H16N4O. The van der Waals surface area contributed by atoms with Crippen LogP contribution in [0.15, 0.2) is 18.6 Å². The minimum absolute atomic E-state index is 0.225. The van der Waals surface area contributed by atoms with Gasteiger partial charge in [0, 0.05) is 37.9 Å². The van der Waals surface area contributed by atoms with Crippen LogP contribution in [0.1, 0.15) is 19.8 Å². The number of carbonyl (C=O) groups excluding carboxylic acids is 1. The van der Waals surface area contributed by atoms with Crippen LogP contribution in [0.25, 0.3) is 0 Å². The van der Waals surface area contributed by atoms with Gasteiger partial charge in [-0.15, -0.1) is 0 Å². The van der Waals surface area contributed by atoms with Crippen LogP contribution >= 0.6 is 0 Å². The number of nitrogens with zero attached hydrogens (tertiary/aromatic N) is 3. The molecule has 1 N–H and O–H groups in total. The van der Waals surface area contributed by atoms with Crippen molar-refractivity contribution in [3.63, 3.8) is 0 Å². The van der Waals surface area contributed by atoms with Gasteiger partial charge in [-0.05, 0) is 6.42 Å². The highest BCUT2D eigenvalue weighted by atomic mass is 16.2. The van der Waals surface area contributed by atoms with Crippen LogP contribution in [-0.4, -0.2) is 39.9 Å². The molecule has 5 heteroatoms. The Morgan fingerprint density at radius 3 is 3.19 bits per heavy atom. The lowest BCUT2D eigenvalue weighted by atomic mass is 10.3. The fourth-order valence-electron chi connectivity index (χ4n) is 1.91. The number of rotatable bonds is 3. The first kappa shape index (κ1) is 10.9. The summed E-state index contributed by atoms with van der Waals surface area (Å²) in [5, 5.41) is 3.28. The van der Waals surface area contributed by atoms with E-state index in [1.165, 1.54) is 0 Å². The molecule has 0 saturated carbocycles. The molecule has 86 valence electrons. The predicted octanol–water partition coefficient (Wildman–Crippen LogP) is 0.899. The lowest BCUT2D eigenvalue weighted by Crippen LogP contribution is -2.31. The SMILES string of the molecule is CCC(=O)N1CCC(Nc2cnccn2)C1. The molecule has 1 fully saturated rings. The second-order valence-corrected chi connectivity index (χ2v) is 3.91. The normalized spacial score (nSPS) is 19.8. The second-order valence-electron chi connectivity index (χ2n) is 3.91. The summed E-state index contributed by atoms with van der Waals surface area (Å²) in [6.07, 6.45) is 6.56. The van der Waals surface area contributed by atoms with E-state index in [1.54, 1.807) is 18.6 Å². The van der Waals surface area contributed by atoms with E-state index >= 15 is 0 Å². The first-order valence-corrected chi connectivity index (χ1v) is 5.60. The third-order valence-electron chi connectivity index (χ3n) is 2.76.